The molecule has 0 saturated heterocycles. The Morgan fingerprint density at radius 1 is 1.33 bits per heavy atom. The quantitative estimate of drug-likeness (QED) is 0.605. The van der Waals surface area contributed by atoms with E-state index in [1.165, 1.54) is 3.57 Å². The lowest BCUT2D eigenvalue weighted by Crippen LogP contribution is -1.97. The van der Waals surface area contributed by atoms with E-state index in [1.807, 2.05) is 35.1 Å². The molecular weight excluding hydrogens is 339 g/mol. The van der Waals surface area contributed by atoms with E-state index in [2.05, 4.69) is 34.6 Å². The minimum atomic E-state index is 0.660. The molecule has 4 heteroatoms. The van der Waals surface area contributed by atoms with Gasteiger partial charge in [0.2, 0.25) is 0 Å². The zero-order valence-electron chi connectivity index (χ0n) is 10.3. The lowest BCUT2D eigenvalue weighted by Gasteiger charge is -1.99. The molecule has 1 heterocycles. The molecule has 3 nitrogen and oxygen atoms in total. The first-order valence-corrected chi connectivity index (χ1v) is 7.11. The van der Waals surface area contributed by atoms with Gasteiger partial charge in [0.05, 0.1) is 5.56 Å². The van der Waals surface area contributed by atoms with Gasteiger partial charge in [-0.05, 0) is 41.1 Å². The summed E-state index contributed by atoms with van der Waals surface area (Å²) in [5, 5.41) is 4.50. The summed E-state index contributed by atoms with van der Waals surface area (Å²) in [7, 11) is 0. The van der Waals surface area contributed by atoms with Gasteiger partial charge in [-0.25, -0.2) is 0 Å². The number of halogens is 1. The monoisotopic (exact) mass is 354 g/mol. The number of hydrogen-bond donors (Lipinski definition) is 0. The molecule has 0 bridgehead atoms. The largest absolute Gasteiger partial charge is 0.298 e. The van der Waals surface area contributed by atoms with Gasteiger partial charge >= 0.3 is 0 Å². The topological polar surface area (TPSA) is 34.9 Å². The summed E-state index contributed by atoms with van der Waals surface area (Å²) in [5.41, 5.74) is 2.43. The Bertz CT molecular complexity index is 531. The molecule has 1 aromatic carbocycles. The molecule has 0 aliphatic rings. The van der Waals surface area contributed by atoms with Crippen LogP contribution < -0.4 is 0 Å². The maximum absolute atomic E-state index is 11.1. The van der Waals surface area contributed by atoms with Crippen molar-refractivity contribution >= 4 is 28.9 Å². The molecule has 0 aliphatic heterocycles. The van der Waals surface area contributed by atoms with Crippen molar-refractivity contribution in [3.63, 3.8) is 0 Å². The van der Waals surface area contributed by atoms with Crippen molar-refractivity contribution in [1.82, 2.24) is 9.78 Å². The normalized spacial score (nSPS) is 10.6. The number of aryl methyl sites for hydroxylation is 1. The van der Waals surface area contributed by atoms with Crippen LogP contribution in [0.5, 0.6) is 0 Å². The maximum Gasteiger partial charge on any atom is 0.153 e. The Morgan fingerprint density at radius 3 is 2.67 bits per heavy atom. The number of carbonyl (C=O) groups excluding carboxylic acids is 1. The molecule has 2 rings (SSSR count). The van der Waals surface area contributed by atoms with Crippen molar-refractivity contribution in [3.05, 3.63) is 39.6 Å². The first kappa shape index (κ1) is 13.3. The molecule has 2 aromatic rings. The highest BCUT2D eigenvalue weighted by atomic mass is 127. The van der Waals surface area contributed by atoms with Crippen LogP contribution in [0.3, 0.4) is 0 Å². The molecule has 94 valence electrons. The molecular formula is C14H15IN2O. The summed E-state index contributed by atoms with van der Waals surface area (Å²) in [4.78, 5) is 11.1. The minimum absolute atomic E-state index is 0.660. The fraction of sp³-hybridized carbons (Fsp3) is 0.286. The average Bonchev–Trinajstić information content (AvgIpc) is 2.80. The van der Waals surface area contributed by atoms with Gasteiger partial charge in [-0.3, -0.25) is 9.48 Å². The second-order valence-electron chi connectivity index (χ2n) is 4.17. The molecule has 1 aromatic heterocycles. The molecule has 18 heavy (non-hydrogen) atoms. The van der Waals surface area contributed by atoms with Crippen molar-refractivity contribution in [2.75, 3.05) is 0 Å². The molecule has 0 atom stereocenters. The van der Waals surface area contributed by atoms with Crippen LogP contribution in [0.15, 0.2) is 30.5 Å². The lowest BCUT2D eigenvalue weighted by molar-refractivity contribution is 0.112. The van der Waals surface area contributed by atoms with Crippen LogP contribution in [0.4, 0.5) is 0 Å². The van der Waals surface area contributed by atoms with Crippen molar-refractivity contribution in [3.8, 4) is 11.3 Å². The number of benzene rings is 1. The van der Waals surface area contributed by atoms with Gasteiger partial charge in [0.25, 0.3) is 0 Å². The number of hydrogen-bond acceptors (Lipinski definition) is 2. The Balaban J connectivity index is 2.33. The zero-order chi connectivity index (χ0) is 13.0. The van der Waals surface area contributed by atoms with Crippen LogP contribution in [0.25, 0.3) is 11.3 Å². The van der Waals surface area contributed by atoms with Crippen LogP contribution in [0.1, 0.15) is 30.1 Å². The average molecular weight is 354 g/mol. The van der Waals surface area contributed by atoms with Crippen LogP contribution in [-0.2, 0) is 6.54 Å². The highest BCUT2D eigenvalue weighted by Crippen LogP contribution is 2.22. The molecule has 0 spiro atoms. The number of carbonyl (C=O) groups is 1. The molecule has 0 fully saturated rings. The Labute approximate surface area is 120 Å². The SMILES string of the molecule is CCCCn1cc(C=O)c(-c2ccc(I)cc2)n1. The second kappa shape index (κ2) is 6.13. The van der Waals surface area contributed by atoms with Gasteiger partial charge in [-0.2, -0.15) is 5.10 Å². The summed E-state index contributed by atoms with van der Waals surface area (Å²) in [6, 6.07) is 8.05. The Morgan fingerprint density at radius 2 is 2.06 bits per heavy atom. The van der Waals surface area contributed by atoms with Crippen molar-refractivity contribution in [2.45, 2.75) is 26.3 Å². The Kier molecular flexibility index (Phi) is 4.52. The third-order valence-electron chi connectivity index (χ3n) is 2.78. The van der Waals surface area contributed by atoms with E-state index < -0.39 is 0 Å². The fourth-order valence-electron chi connectivity index (χ4n) is 1.79. The Hall–Kier alpha value is -1.17. The summed E-state index contributed by atoms with van der Waals surface area (Å²) in [6.45, 7) is 3.01. The molecule has 0 unspecified atom stereocenters. The predicted molar refractivity (Wildman–Crippen MR) is 80.7 cm³/mol. The van der Waals surface area contributed by atoms with E-state index in [0.717, 1.165) is 36.9 Å². The number of nitrogens with zero attached hydrogens (tertiary/aromatic N) is 2. The van der Waals surface area contributed by atoms with Crippen LogP contribution in [0, 0.1) is 3.57 Å². The van der Waals surface area contributed by atoms with Crippen LogP contribution in [0.2, 0.25) is 0 Å². The third-order valence-corrected chi connectivity index (χ3v) is 3.49. The molecule has 0 saturated carbocycles. The van der Waals surface area contributed by atoms with E-state index in [9.17, 15) is 4.79 Å². The smallest absolute Gasteiger partial charge is 0.153 e. The molecule has 0 amide bonds. The first-order chi connectivity index (χ1) is 8.74. The van der Waals surface area contributed by atoms with E-state index in [0.29, 0.717) is 5.56 Å². The maximum atomic E-state index is 11.1. The first-order valence-electron chi connectivity index (χ1n) is 6.03. The van der Waals surface area contributed by atoms with E-state index in [1.54, 1.807) is 0 Å². The zero-order valence-corrected chi connectivity index (χ0v) is 12.4. The minimum Gasteiger partial charge on any atom is -0.298 e. The van der Waals surface area contributed by atoms with Gasteiger partial charge in [-0.15, -0.1) is 0 Å². The van der Waals surface area contributed by atoms with Gasteiger partial charge in [0.15, 0.2) is 6.29 Å². The number of aromatic nitrogens is 2. The van der Waals surface area contributed by atoms with Crippen LogP contribution in [-0.4, -0.2) is 16.1 Å². The summed E-state index contributed by atoms with van der Waals surface area (Å²) >= 11 is 2.26. The van der Waals surface area contributed by atoms with E-state index >= 15 is 0 Å². The highest BCUT2D eigenvalue weighted by molar-refractivity contribution is 14.1. The van der Waals surface area contributed by atoms with Gasteiger partial charge in [-0.1, -0.05) is 25.5 Å². The highest BCUT2D eigenvalue weighted by Gasteiger charge is 2.10. The van der Waals surface area contributed by atoms with E-state index in [4.69, 9.17) is 0 Å². The summed E-state index contributed by atoms with van der Waals surface area (Å²) in [6.07, 6.45) is 4.90. The van der Waals surface area contributed by atoms with Crippen LogP contribution >= 0.6 is 22.6 Å². The van der Waals surface area contributed by atoms with Gasteiger partial charge in [0.1, 0.15) is 5.69 Å². The van der Waals surface area contributed by atoms with Crippen molar-refractivity contribution < 1.29 is 4.79 Å². The second-order valence-corrected chi connectivity index (χ2v) is 5.42. The van der Waals surface area contributed by atoms with Gasteiger partial charge in [0, 0.05) is 21.9 Å². The molecule has 0 aliphatic carbocycles. The summed E-state index contributed by atoms with van der Waals surface area (Å²) in [5.74, 6) is 0. The predicted octanol–water partition coefficient (Wildman–Crippen LogP) is 3.77. The standard InChI is InChI=1S/C14H15IN2O/c1-2-3-8-17-9-12(10-18)14(16-17)11-4-6-13(15)7-5-11/h4-7,9-10H,2-3,8H2,1H3. The molecule has 0 radical (unpaired) electrons. The van der Waals surface area contributed by atoms with E-state index in [-0.39, 0.29) is 0 Å². The lowest BCUT2D eigenvalue weighted by atomic mass is 10.1. The third kappa shape index (κ3) is 2.98. The van der Waals surface area contributed by atoms with Crippen molar-refractivity contribution in [1.29, 1.82) is 0 Å². The number of aldehydes is 1. The summed E-state index contributed by atoms with van der Waals surface area (Å²) < 4.78 is 3.04. The molecule has 0 N–H and O–H groups in total. The number of unbranched alkanes of at least 4 members (excludes halogenated alkanes) is 1. The van der Waals surface area contributed by atoms with Gasteiger partial charge < -0.3 is 0 Å². The fourth-order valence-corrected chi connectivity index (χ4v) is 2.15. The van der Waals surface area contributed by atoms with Crippen molar-refractivity contribution in [2.24, 2.45) is 0 Å². The number of rotatable bonds is 5.